The molecule has 1 N–H and O–H groups in total. The number of para-hydroxylation sites is 1. The maximum Gasteiger partial charge on any atom is 0.128 e. The fourth-order valence-electron chi connectivity index (χ4n) is 2.28. The Hall–Kier alpha value is -2.29. The molecule has 0 amide bonds. The van der Waals surface area contributed by atoms with E-state index in [9.17, 15) is 0 Å². The van der Waals surface area contributed by atoms with Crippen LogP contribution in [0.15, 0.2) is 42.5 Å². The first kappa shape index (κ1) is 11.8. The summed E-state index contributed by atoms with van der Waals surface area (Å²) >= 11 is 0. The normalized spacial score (nSPS) is 10.8. The second-order valence-electron chi connectivity index (χ2n) is 4.55. The smallest absolute Gasteiger partial charge is 0.128 e. The van der Waals surface area contributed by atoms with E-state index in [-0.39, 0.29) is 0 Å². The van der Waals surface area contributed by atoms with Gasteiger partial charge in [0.15, 0.2) is 0 Å². The number of nitrogens with zero attached hydrogens (tertiary/aromatic N) is 1. The Balaban J connectivity index is 2.23. The van der Waals surface area contributed by atoms with Gasteiger partial charge in [-0.3, -0.25) is 5.10 Å². The van der Waals surface area contributed by atoms with Crippen LogP contribution in [-0.4, -0.2) is 16.8 Å². The molecular weight excluding hydrogens is 236 g/mol. The molecule has 3 aromatic rings. The third-order valence-corrected chi connectivity index (χ3v) is 3.16. The van der Waals surface area contributed by atoms with Gasteiger partial charge in [0, 0.05) is 10.9 Å². The second kappa shape index (κ2) is 4.76. The predicted molar refractivity (Wildman–Crippen MR) is 77.4 cm³/mol. The number of aryl methyl sites for hydroxylation is 1. The molecule has 0 aliphatic heterocycles. The third-order valence-electron chi connectivity index (χ3n) is 3.16. The van der Waals surface area contributed by atoms with Crippen molar-refractivity contribution in [1.29, 1.82) is 0 Å². The molecule has 0 radical (unpaired) electrons. The summed E-state index contributed by atoms with van der Waals surface area (Å²) in [4.78, 5) is 0. The zero-order valence-corrected chi connectivity index (χ0v) is 11.1. The Bertz CT molecular complexity index is 716. The van der Waals surface area contributed by atoms with Crippen molar-refractivity contribution in [1.82, 2.24) is 10.2 Å². The Morgan fingerprint density at radius 3 is 2.84 bits per heavy atom. The Morgan fingerprint density at radius 2 is 2.00 bits per heavy atom. The van der Waals surface area contributed by atoms with Gasteiger partial charge in [0.05, 0.1) is 12.1 Å². The predicted octanol–water partition coefficient (Wildman–Crippen LogP) is 3.94. The van der Waals surface area contributed by atoms with E-state index in [1.54, 1.807) is 0 Å². The molecule has 19 heavy (non-hydrogen) atoms. The van der Waals surface area contributed by atoms with Gasteiger partial charge >= 0.3 is 0 Å². The number of hydrogen-bond donors (Lipinski definition) is 1. The summed E-state index contributed by atoms with van der Waals surface area (Å²) in [7, 11) is 0. The van der Waals surface area contributed by atoms with Gasteiger partial charge in [0.1, 0.15) is 11.4 Å². The van der Waals surface area contributed by atoms with Crippen LogP contribution in [0.4, 0.5) is 0 Å². The van der Waals surface area contributed by atoms with Gasteiger partial charge < -0.3 is 4.74 Å². The van der Waals surface area contributed by atoms with E-state index < -0.39 is 0 Å². The average Bonchev–Trinajstić information content (AvgIpc) is 2.85. The molecule has 0 spiro atoms. The molecule has 0 atom stereocenters. The van der Waals surface area contributed by atoms with E-state index in [0.717, 1.165) is 27.9 Å². The summed E-state index contributed by atoms with van der Waals surface area (Å²) in [6.45, 7) is 4.72. The quantitative estimate of drug-likeness (QED) is 0.766. The molecule has 0 fully saturated rings. The van der Waals surface area contributed by atoms with Crippen molar-refractivity contribution in [3.63, 3.8) is 0 Å². The molecule has 0 unspecified atom stereocenters. The Kier molecular flexibility index (Phi) is 2.95. The minimum absolute atomic E-state index is 0.651. The number of aromatic amines is 1. The average molecular weight is 252 g/mol. The van der Waals surface area contributed by atoms with Crippen LogP contribution in [0.1, 0.15) is 12.5 Å². The van der Waals surface area contributed by atoms with E-state index in [0.29, 0.717) is 6.61 Å². The number of rotatable bonds is 3. The summed E-state index contributed by atoms with van der Waals surface area (Å²) in [6, 6.07) is 14.3. The standard InChI is InChI=1S/C16H16N2O/c1-3-19-15-9-8-11(2)10-13(15)16-12-6-4-5-7-14(12)17-18-16/h4-10H,3H2,1-2H3,(H,17,18). The molecular formula is C16H16N2O. The lowest BCUT2D eigenvalue weighted by molar-refractivity contribution is 0.341. The second-order valence-corrected chi connectivity index (χ2v) is 4.55. The number of benzene rings is 2. The van der Waals surface area contributed by atoms with Gasteiger partial charge in [-0.1, -0.05) is 29.8 Å². The molecule has 3 rings (SSSR count). The lowest BCUT2D eigenvalue weighted by Gasteiger charge is -2.09. The summed E-state index contributed by atoms with van der Waals surface area (Å²) in [5.74, 6) is 0.880. The van der Waals surface area contributed by atoms with Crippen molar-refractivity contribution < 1.29 is 4.74 Å². The highest BCUT2D eigenvalue weighted by atomic mass is 16.5. The zero-order valence-electron chi connectivity index (χ0n) is 11.1. The van der Waals surface area contributed by atoms with Crippen LogP contribution in [0, 0.1) is 6.92 Å². The highest BCUT2D eigenvalue weighted by Gasteiger charge is 2.12. The first-order valence-corrected chi connectivity index (χ1v) is 6.46. The molecule has 0 aliphatic carbocycles. The molecule has 96 valence electrons. The molecule has 0 aliphatic rings. The highest BCUT2D eigenvalue weighted by Crippen LogP contribution is 2.34. The fourth-order valence-corrected chi connectivity index (χ4v) is 2.28. The number of H-pyrrole nitrogens is 1. The third kappa shape index (κ3) is 2.08. The maximum absolute atomic E-state index is 5.71. The first-order chi connectivity index (χ1) is 9.29. The number of nitrogens with one attached hydrogen (secondary N) is 1. The SMILES string of the molecule is CCOc1ccc(C)cc1-c1n[nH]c2ccccc12. The number of aromatic nitrogens is 2. The summed E-state index contributed by atoms with van der Waals surface area (Å²) in [5, 5.41) is 8.63. The van der Waals surface area contributed by atoms with Gasteiger partial charge in [-0.25, -0.2) is 0 Å². The Morgan fingerprint density at radius 1 is 1.16 bits per heavy atom. The van der Waals surface area contributed by atoms with Crippen LogP contribution in [0.25, 0.3) is 22.2 Å². The molecule has 0 saturated carbocycles. The molecule has 1 heterocycles. The topological polar surface area (TPSA) is 37.9 Å². The summed E-state index contributed by atoms with van der Waals surface area (Å²) < 4.78 is 5.71. The molecule has 0 bridgehead atoms. The van der Waals surface area contributed by atoms with E-state index in [1.807, 2.05) is 31.2 Å². The van der Waals surface area contributed by atoms with Crippen LogP contribution < -0.4 is 4.74 Å². The van der Waals surface area contributed by atoms with Crippen LogP contribution in [0.3, 0.4) is 0 Å². The van der Waals surface area contributed by atoms with Crippen LogP contribution in [0.5, 0.6) is 5.75 Å². The van der Waals surface area contributed by atoms with Crippen LogP contribution in [-0.2, 0) is 0 Å². The largest absolute Gasteiger partial charge is 0.493 e. The van der Waals surface area contributed by atoms with Gasteiger partial charge in [0.2, 0.25) is 0 Å². The molecule has 3 nitrogen and oxygen atoms in total. The number of hydrogen-bond acceptors (Lipinski definition) is 2. The van der Waals surface area contributed by atoms with E-state index >= 15 is 0 Å². The fraction of sp³-hybridized carbons (Fsp3) is 0.188. The minimum atomic E-state index is 0.651. The summed E-state index contributed by atoms with van der Waals surface area (Å²) in [6.07, 6.45) is 0. The molecule has 0 saturated heterocycles. The first-order valence-electron chi connectivity index (χ1n) is 6.46. The van der Waals surface area contributed by atoms with Gasteiger partial charge in [-0.2, -0.15) is 5.10 Å². The summed E-state index contributed by atoms with van der Waals surface area (Å²) in [5.41, 5.74) is 4.23. The number of ether oxygens (including phenoxy) is 1. The van der Waals surface area contributed by atoms with E-state index in [2.05, 4.69) is 35.3 Å². The highest BCUT2D eigenvalue weighted by molar-refractivity contribution is 5.94. The van der Waals surface area contributed by atoms with Gasteiger partial charge in [0.25, 0.3) is 0 Å². The zero-order chi connectivity index (χ0) is 13.2. The van der Waals surface area contributed by atoms with Crippen molar-refractivity contribution in [2.24, 2.45) is 0 Å². The maximum atomic E-state index is 5.71. The van der Waals surface area contributed by atoms with Crippen LogP contribution >= 0.6 is 0 Å². The van der Waals surface area contributed by atoms with Crippen molar-refractivity contribution in [2.75, 3.05) is 6.61 Å². The monoisotopic (exact) mass is 252 g/mol. The van der Waals surface area contributed by atoms with E-state index in [4.69, 9.17) is 4.74 Å². The van der Waals surface area contributed by atoms with Crippen molar-refractivity contribution in [3.8, 4) is 17.0 Å². The van der Waals surface area contributed by atoms with Crippen molar-refractivity contribution in [3.05, 3.63) is 48.0 Å². The van der Waals surface area contributed by atoms with Gasteiger partial charge in [-0.05, 0) is 32.0 Å². The Labute approximate surface area is 112 Å². The molecule has 3 heteroatoms. The number of fused-ring (bicyclic) bond motifs is 1. The molecule has 1 aromatic heterocycles. The van der Waals surface area contributed by atoms with E-state index in [1.165, 1.54) is 5.56 Å². The van der Waals surface area contributed by atoms with Crippen molar-refractivity contribution >= 4 is 10.9 Å². The lowest BCUT2D eigenvalue weighted by Crippen LogP contribution is -1.95. The lowest BCUT2D eigenvalue weighted by atomic mass is 10.0. The van der Waals surface area contributed by atoms with Crippen LogP contribution in [0.2, 0.25) is 0 Å². The minimum Gasteiger partial charge on any atom is -0.493 e. The van der Waals surface area contributed by atoms with Gasteiger partial charge in [-0.15, -0.1) is 0 Å². The van der Waals surface area contributed by atoms with Crippen molar-refractivity contribution in [2.45, 2.75) is 13.8 Å². The molecule has 2 aromatic carbocycles.